The molecule has 2 aromatic rings. The number of likely N-dealkylation sites (tertiary alicyclic amines) is 1. The van der Waals surface area contributed by atoms with Crippen LogP contribution in [0.1, 0.15) is 48.2 Å². The van der Waals surface area contributed by atoms with E-state index in [4.69, 9.17) is 4.74 Å². The topological polar surface area (TPSA) is 75.7 Å². The molecule has 1 fully saturated rings. The van der Waals surface area contributed by atoms with Crippen LogP contribution in [-0.2, 0) is 22.4 Å². The number of esters is 1. The Morgan fingerprint density at radius 3 is 2.35 bits per heavy atom. The summed E-state index contributed by atoms with van der Waals surface area (Å²) in [6, 6.07) is 15.0. The fourth-order valence-corrected chi connectivity index (χ4v) is 3.79. The molecule has 3 rings (SSSR count). The number of para-hydroxylation sites is 1. The minimum atomic E-state index is -0.360. The number of carbonyl (C=O) groups is 3. The normalized spacial score (nSPS) is 14.2. The van der Waals surface area contributed by atoms with E-state index >= 15 is 0 Å². The van der Waals surface area contributed by atoms with Crippen molar-refractivity contribution in [1.82, 2.24) is 4.90 Å². The largest absolute Gasteiger partial charge is 0.457 e. The minimum Gasteiger partial charge on any atom is -0.457 e. The lowest BCUT2D eigenvalue weighted by Crippen LogP contribution is -2.42. The Morgan fingerprint density at radius 1 is 1.00 bits per heavy atom. The molecule has 0 unspecified atom stereocenters. The maximum atomic E-state index is 12.7. The molecule has 0 radical (unpaired) electrons. The third-order valence-corrected chi connectivity index (χ3v) is 5.75. The first kappa shape index (κ1) is 22.5. The van der Waals surface area contributed by atoms with Crippen LogP contribution in [0.3, 0.4) is 0 Å². The quantitative estimate of drug-likeness (QED) is 0.527. The molecule has 1 aliphatic heterocycles. The van der Waals surface area contributed by atoms with Gasteiger partial charge in [0.15, 0.2) is 6.61 Å². The number of Topliss-reactive ketones (excluding diaryl/α,β-unsaturated/α-hetero) is 1. The zero-order valence-electron chi connectivity index (χ0n) is 18.2. The molecular formula is C25H30N2O4. The van der Waals surface area contributed by atoms with Gasteiger partial charge in [-0.3, -0.25) is 9.59 Å². The highest BCUT2D eigenvalue weighted by molar-refractivity contribution is 5.99. The van der Waals surface area contributed by atoms with Gasteiger partial charge in [0.1, 0.15) is 0 Å². The number of amides is 2. The number of piperidine rings is 1. The fourth-order valence-electron chi connectivity index (χ4n) is 3.79. The van der Waals surface area contributed by atoms with E-state index in [9.17, 15) is 14.4 Å². The number of ether oxygens (including phenoxy) is 1. The molecule has 2 amide bonds. The molecule has 0 atom stereocenters. The Morgan fingerprint density at radius 2 is 1.71 bits per heavy atom. The van der Waals surface area contributed by atoms with E-state index in [1.165, 1.54) is 0 Å². The van der Waals surface area contributed by atoms with Gasteiger partial charge in [-0.05, 0) is 55.0 Å². The molecule has 2 aromatic carbocycles. The van der Waals surface area contributed by atoms with Gasteiger partial charge in [0.05, 0.1) is 5.92 Å². The standard InChI is InChI=1S/C25H30N2O4/c1-3-18-10-11-19(4-2)22(16-18)23(28)17-31-24(29)20-12-14-27(15-13-20)25(30)26-21-8-6-5-7-9-21/h5-11,16,20H,3-4,12-15,17H2,1-2H3,(H,26,30). The summed E-state index contributed by atoms with van der Waals surface area (Å²) < 4.78 is 5.35. The number of rotatable bonds is 7. The van der Waals surface area contributed by atoms with E-state index in [1.54, 1.807) is 4.90 Å². The van der Waals surface area contributed by atoms with Crippen LogP contribution in [0.4, 0.5) is 10.5 Å². The van der Waals surface area contributed by atoms with Crippen LogP contribution < -0.4 is 5.32 Å². The molecule has 0 aromatic heterocycles. The molecule has 1 saturated heterocycles. The molecule has 31 heavy (non-hydrogen) atoms. The van der Waals surface area contributed by atoms with Crippen LogP contribution in [0.15, 0.2) is 48.5 Å². The maximum Gasteiger partial charge on any atom is 0.321 e. The van der Waals surface area contributed by atoms with E-state index in [1.807, 2.05) is 62.4 Å². The molecule has 164 valence electrons. The summed E-state index contributed by atoms with van der Waals surface area (Å²) in [6.45, 7) is 4.76. The van der Waals surface area contributed by atoms with E-state index in [0.29, 0.717) is 31.5 Å². The molecule has 1 N–H and O–H groups in total. The average molecular weight is 423 g/mol. The second-order valence-electron chi connectivity index (χ2n) is 7.79. The lowest BCUT2D eigenvalue weighted by atomic mass is 9.97. The Hall–Kier alpha value is -3.15. The second kappa shape index (κ2) is 10.8. The minimum absolute atomic E-state index is 0.167. The lowest BCUT2D eigenvalue weighted by Gasteiger charge is -2.30. The number of carbonyl (C=O) groups excluding carboxylic acids is 3. The van der Waals surface area contributed by atoms with Crippen LogP contribution in [0.2, 0.25) is 0 Å². The van der Waals surface area contributed by atoms with Crippen LogP contribution in [-0.4, -0.2) is 42.4 Å². The predicted molar refractivity (Wildman–Crippen MR) is 120 cm³/mol. The number of hydrogen-bond acceptors (Lipinski definition) is 4. The number of ketones is 1. The van der Waals surface area contributed by atoms with Crippen molar-refractivity contribution in [3.05, 3.63) is 65.2 Å². The summed E-state index contributed by atoms with van der Waals surface area (Å²) in [4.78, 5) is 39.2. The van der Waals surface area contributed by atoms with Gasteiger partial charge in [-0.15, -0.1) is 0 Å². The van der Waals surface area contributed by atoms with Gasteiger partial charge < -0.3 is 15.0 Å². The molecule has 1 aliphatic rings. The van der Waals surface area contributed by atoms with Crippen LogP contribution >= 0.6 is 0 Å². The highest BCUT2D eigenvalue weighted by Crippen LogP contribution is 2.20. The van der Waals surface area contributed by atoms with Gasteiger partial charge >= 0.3 is 12.0 Å². The first-order chi connectivity index (χ1) is 15.0. The summed E-state index contributed by atoms with van der Waals surface area (Å²) in [5.41, 5.74) is 3.44. The van der Waals surface area contributed by atoms with Crippen molar-refractivity contribution in [2.24, 2.45) is 5.92 Å². The van der Waals surface area contributed by atoms with Crippen molar-refractivity contribution in [2.75, 3.05) is 25.0 Å². The lowest BCUT2D eigenvalue weighted by molar-refractivity contribution is -0.148. The first-order valence-electron chi connectivity index (χ1n) is 10.9. The Kier molecular flexibility index (Phi) is 7.82. The zero-order chi connectivity index (χ0) is 22.2. The highest BCUT2D eigenvalue weighted by atomic mass is 16.5. The van der Waals surface area contributed by atoms with Gasteiger partial charge in [0, 0.05) is 24.3 Å². The van der Waals surface area contributed by atoms with Gasteiger partial charge in [-0.1, -0.05) is 44.2 Å². The van der Waals surface area contributed by atoms with Gasteiger partial charge in [0.2, 0.25) is 5.78 Å². The second-order valence-corrected chi connectivity index (χ2v) is 7.79. The first-order valence-corrected chi connectivity index (χ1v) is 10.9. The van der Waals surface area contributed by atoms with Gasteiger partial charge in [-0.2, -0.15) is 0 Å². The van der Waals surface area contributed by atoms with Crippen LogP contribution in [0.25, 0.3) is 0 Å². The summed E-state index contributed by atoms with van der Waals surface area (Å²) in [7, 11) is 0. The summed E-state index contributed by atoms with van der Waals surface area (Å²) in [6.07, 6.45) is 2.66. The molecule has 6 nitrogen and oxygen atoms in total. The number of nitrogens with zero attached hydrogens (tertiary/aromatic N) is 1. The number of urea groups is 1. The van der Waals surface area contributed by atoms with Crippen molar-refractivity contribution in [3.63, 3.8) is 0 Å². The Labute approximate surface area is 183 Å². The van der Waals surface area contributed by atoms with Gasteiger partial charge in [-0.25, -0.2) is 4.79 Å². The number of hydrogen-bond donors (Lipinski definition) is 1. The number of anilines is 1. The van der Waals surface area contributed by atoms with Crippen molar-refractivity contribution >= 4 is 23.5 Å². The van der Waals surface area contributed by atoms with Crippen molar-refractivity contribution in [2.45, 2.75) is 39.5 Å². The van der Waals surface area contributed by atoms with E-state index < -0.39 is 0 Å². The predicted octanol–water partition coefficient (Wildman–Crippen LogP) is 4.48. The smallest absolute Gasteiger partial charge is 0.321 e. The molecular weight excluding hydrogens is 392 g/mol. The Bertz CT molecular complexity index is 918. The van der Waals surface area contributed by atoms with E-state index in [-0.39, 0.29) is 30.3 Å². The van der Waals surface area contributed by atoms with Crippen LogP contribution in [0, 0.1) is 5.92 Å². The van der Waals surface area contributed by atoms with Crippen molar-refractivity contribution in [1.29, 1.82) is 0 Å². The maximum absolute atomic E-state index is 12.7. The molecule has 0 bridgehead atoms. The van der Waals surface area contributed by atoms with Gasteiger partial charge in [0.25, 0.3) is 0 Å². The third kappa shape index (κ3) is 5.94. The van der Waals surface area contributed by atoms with Crippen LogP contribution in [0.5, 0.6) is 0 Å². The SMILES string of the molecule is CCc1ccc(CC)c(C(=O)COC(=O)C2CCN(C(=O)Nc3ccccc3)CC2)c1. The molecule has 6 heteroatoms. The Balaban J connectivity index is 1.48. The number of aryl methyl sites for hydroxylation is 2. The molecule has 0 aliphatic carbocycles. The van der Waals surface area contributed by atoms with Crippen molar-refractivity contribution < 1.29 is 19.1 Å². The summed E-state index contributed by atoms with van der Waals surface area (Å²) in [5, 5.41) is 2.86. The fraction of sp³-hybridized carbons (Fsp3) is 0.400. The number of benzene rings is 2. The van der Waals surface area contributed by atoms with E-state index in [2.05, 4.69) is 5.32 Å². The third-order valence-electron chi connectivity index (χ3n) is 5.75. The average Bonchev–Trinajstić information content (AvgIpc) is 2.82. The van der Waals surface area contributed by atoms with Crippen molar-refractivity contribution in [3.8, 4) is 0 Å². The molecule has 1 heterocycles. The monoisotopic (exact) mass is 422 g/mol. The highest BCUT2D eigenvalue weighted by Gasteiger charge is 2.29. The van der Waals surface area contributed by atoms with E-state index in [0.717, 1.165) is 29.7 Å². The summed E-state index contributed by atoms with van der Waals surface area (Å²) in [5.74, 6) is -0.817. The summed E-state index contributed by atoms with van der Waals surface area (Å²) >= 11 is 0. The zero-order valence-corrected chi connectivity index (χ0v) is 18.2. The molecule has 0 saturated carbocycles. The molecule has 0 spiro atoms. The number of nitrogens with one attached hydrogen (secondary N) is 1.